The normalized spacial score (nSPS) is 24.9. The molecule has 0 amide bonds. The molecule has 3 rings (SSSR count). The molecule has 1 aromatic heterocycles. The first-order chi connectivity index (χ1) is 9.26. The lowest BCUT2D eigenvalue weighted by Crippen LogP contribution is -2.48. The zero-order valence-corrected chi connectivity index (χ0v) is 11.9. The summed E-state index contributed by atoms with van der Waals surface area (Å²) >= 11 is 1.86. The van der Waals surface area contributed by atoms with Crippen LogP contribution in [0.2, 0.25) is 0 Å². The molecule has 102 valence electrons. The first-order valence-electron chi connectivity index (χ1n) is 6.70. The molecule has 0 spiro atoms. The molecule has 2 aromatic rings. The largest absolute Gasteiger partial charge is 0.394 e. The second-order valence-corrected chi connectivity index (χ2v) is 6.34. The number of thiophene rings is 1. The van der Waals surface area contributed by atoms with E-state index in [1.807, 2.05) is 11.3 Å². The second-order valence-electron chi connectivity index (χ2n) is 5.17. The van der Waals surface area contributed by atoms with Gasteiger partial charge in [0.1, 0.15) is 0 Å². The van der Waals surface area contributed by atoms with Crippen molar-refractivity contribution in [3.63, 3.8) is 0 Å². The van der Waals surface area contributed by atoms with Crippen LogP contribution in [-0.2, 0) is 11.3 Å². The highest BCUT2D eigenvalue weighted by Crippen LogP contribution is 2.27. The Morgan fingerprint density at radius 3 is 3.05 bits per heavy atom. The van der Waals surface area contributed by atoms with Crippen molar-refractivity contribution in [1.82, 2.24) is 4.90 Å². The standard InChI is InChI=1S/C15H19NO2S/c1-11-10-18-13(9-17)7-16(11)8-14-6-12-4-2-3-5-15(12)19-14/h2-6,11,13,17H,7-10H2,1H3. The van der Waals surface area contributed by atoms with Gasteiger partial charge in [-0.3, -0.25) is 4.90 Å². The Morgan fingerprint density at radius 2 is 2.26 bits per heavy atom. The summed E-state index contributed by atoms with van der Waals surface area (Å²) in [5.74, 6) is 0. The maximum Gasteiger partial charge on any atom is 0.0933 e. The molecule has 3 nitrogen and oxygen atoms in total. The van der Waals surface area contributed by atoms with Gasteiger partial charge in [-0.1, -0.05) is 18.2 Å². The third kappa shape index (κ3) is 2.82. The fourth-order valence-electron chi connectivity index (χ4n) is 2.52. The van der Waals surface area contributed by atoms with Crippen LogP contribution in [0.4, 0.5) is 0 Å². The Balaban J connectivity index is 1.75. The third-order valence-electron chi connectivity index (χ3n) is 3.67. The number of hydrogen-bond acceptors (Lipinski definition) is 4. The van der Waals surface area contributed by atoms with Crippen LogP contribution in [-0.4, -0.2) is 41.9 Å². The molecule has 1 N–H and O–H groups in total. The minimum absolute atomic E-state index is 0.0365. The van der Waals surface area contributed by atoms with E-state index >= 15 is 0 Å². The molecule has 0 saturated carbocycles. The van der Waals surface area contributed by atoms with Gasteiger partial charge < -0.3 is 9.84 Å². The van der Waals surface area contributed by atoms with Crippen molar-refractivity contribution in [3.8, 4) is 0 Å². The van der Waals surface area contributed by atoms with Gasteiger partial charge in [-0.2, -0.15) is 0 Å². The minimum Gasteiger partial charge on any atom is -0.394 e. The molecule has 4 heteroatoms. The van der Waals surface area contributed by atoms with Crippen LogP contribution in [0.1, 0.15) is 11.8 Å². The predicted octanol–water partition coefficient (Wildman–Crippen LogP) is 2.48. The molecule has 2 heterocycles. The smallest absolute Gasteiger partial charge is 0.0933 e. The van der Waals surface area contributed by atoms with Gasteiger partial charge in [0.05, 0.1) is 19.3 Å². The summed E-state index contributed by atoms with van der Waals surface area (Å²) in [7, 11) is 0. The van der Waals surface area contributed by atoms with E-state index < -0.39 is 0 Å². The van der Waals surface area contributed by atoms with Crippen LogP contribution in [0.15, 0.2) is 30.3 Å². The number of nitrogens with zero attached hydrogens (tertiary/aromatic N) is 1. The number of ether oxygens (including phenoxy) is 1. The number of benzene rings is 1. The summed E-state index contributed by atoms with van der Waals surface area (Å²) in [6.45, 7) is 4.75. The summed E-state index contributed by atoms with van der Waals surface area (Å²) in [4.78, 5) is 3.78. The van der Waals surface area contributed by atoms with Crippen LogP contribution < -0.4 is 0 Å². The average Bonchev–Trinajstić information content (AvgIpc) is 2.83. The SMILES string of the molecule is CC1COC(CO)CN1Cc1cc2ccccc2s1. The zero-order chi connectivity index (χ0) is 13.2. The van der Waals surface area contributed by atoms with Crippen molar-refractivity contribution in [2.24, 2.45) is 0 Å². The van der Waals surface area contributed by atoms with Crippen molar-refractivity contribution in [2.75, 3.05) is 19.8 Å². The van der Waals surface area contributed by atoms with Crippen molar-refractivity contribution in [1.29, 1.82) is 0 Å². The quantitative estimate of drug-likeness (QED) is 0.935. The number of aliphatic hydroxyl groups excluding tert-OH is 1. The van der Waals surface area contributed by atoms with E-state index in [1.165, 1.54) is 15.0 Å². The third-order valence-corrected chi connectivity index (χ3v) is 4.77. The van der Waals surface area contributed by atoms with E-state index in [4.69, 9.17) is 4.74 Å². The number of rotatable bonds is 3. The van der Waals surface area contributed by atoms with Crippen LogP contribution in [0.3, 0.4) is 0 Å². The molecule has 1 saturated heterocycles. The van der Waals surface area contributed by atoms with Crippen molar-refractivity contribution < 1.29 is 9.84 Å². The fourth-order valence-corrected chi connectivity index (χ4v) is 3.61. The van der Waals surface area contributed by atoms with Gasteiger partial charge in [0, 0.05) is 28.7 Å². The van der Waals surface area contributed by atoms with Crippen molar-refractivity contribution >= 4 is 21.4 Å². The molecule has 19 heavy (non-hydrogen) atoms. The Labute approximate surface area is 117 Å². The van der Waals surface area contributed by atoms with Gasteiger partial charge in [0.25, 0.3) is 0 Å². The lowest BCUT2D eigenvalue weighted by molar-refractivity contribution is -0.0802. The summed E-state index contributed by atoms with van der Waals surface area (Å²) in [6, 6.07) is 11.2. The van der Waals surface area contributed by atoms with E-state index in [2.05, 4.69) is 42.2 Å². The summed E-state index contributed by atoms with van der Waals surface area (Å²) in [6.07, 6.45) is -0.0365. The maximum atomic E-state index is 9.23. The van der Waals surface area contributed by atoms with Gasteiger partial charge in [0.15, 0.2) is 0 Å². The lowest BCUT2D eigenvalue weighted by atomic mass is 10.2. The molecule has 2 unspecified atom stereocenters. The molecule has 1 fully saturated rings. The highest BCUT2D eigenvalue weighted by atomic mass is 32.1. The highest BCUT2D eigenvalue weighted by Gasteiger charge is 2.25. The van der Waals surface area contributed by atoms with E-state index in [9.17, 15) is 5.11 Å². The van der Waals surface area contributed by atoms with Crippen LogP contribution in [0.5, 0.6) is 0 Å². The number of morpholine rings is 1. The fraction of sp³-hybridized carbons (Fsp3) is 0.467. The Bertz CT molecular complexity index is 521. The van der Waals surface area contributed by atoms with E-state index in [0.717, 1.165) is 13.1 Å². The van der Waals surface area contributed by atoms with Gasteiger partial charge in [-0.25, -0.2) is 0 Å². The first kappa shape index (κ1) is 13.1. The number of aliphatic hydroxyl groups is 1. The molecule has 0 bridgehead atoms. The van der Waals surface area contributed by atoms with E-state index in [0.29, 0.717) is 12.6 Å². The van der Waals surface area contributed by atoms with Crippen molar-refractivity contribution in [3.05, 3.63) is 35.2 Å². The minimum atomic E-state index is -0.0365. The topological polar surface area (TPSA) is 32.7 Å². The molecule has 1 aliphatic rings. The maximum absolute atomic E-state index is 9.23. The van der Waals surface area contributed by atoms with Crippen molar-refractivity contribution in [2.45, 2.75) is 25.6 Å². The highest BCUT2D eigenvalue weighted by molar-refractivity contribution is 7.19. The van der Waals surface area contributed by atoms with Crippen LogP contribution in [0, 0.1) is 0 Å². The number of fused-ring (bicyclic) bond motifs is 1. The Hall–Kier alpha value is -0.940. The molecule has 1 aliphatic heterocycles. The summed E-state index contributed by atoms with van der Waals surface area (Å²) < 4.78 is 6.92. The monoisotopic (exact) mass is 277 g/mol. The van der Waals surface area contributed by atoms with Gasteiger partial charge in [-0.05, 0) is 24.4 Å². The average molecular weight is 277 g/mol. The zero-order valence-electron chi connectivity index (χ0n) is 11.1. The molecular formula is C15H19NO2S. The molecular weight excluding hydrogens is 258 g/mol. The number of hydrogen-bond donors (Lipinski definition) is 1. The van der Waals surface area contributed by atoms with Gasteiger partial charge in [0.2, 0.25) is 0 Å². The lowest BCUT2D eigenvalue weighted by Gasteiger charge is -2.37. The van der Waals surface area contributed by atoms with Crippen LogP contribution >= 0.6 is 11.3 Å². The molecule has 2 atom stereocenters. The molecule has 1 aromatic carbocycles. The van der Waals surface area contributed by atoms with Crippen LogP contribution in [0.25, 0.3) is 10.1 Å². The summed E-state index contributed by atoms with van der Waals surface area (Å²) in [5, 5.41) is 10.5. The summed E-state index contributed by atoms with van der Waals surface area (Å²) in [5.41, 5.74) is 0. The van der Waals surface area contributed by atoms with Gasteiger partial charge >= 0.3 is 0 Å². The van der Waals surface area contributed by atoms with Gasteiger partial charge in [-0.15, -0.1) is 11.3 Å². The predicted molar refractivity (Wildman–Crippen MR) is 78.5 cm³/mol. The molecule has 0 radical (unpaired) electrons. The molecule has 0 aliphatic carbocycles. The second kappa shape index (κ2) is 5.59. The van der Waals surface area contributed by atoms with E-state index in [1.54, 1.807) is 0 Å². The first-order valence-corrected chi connectivity index (χ1v) is 7.52. The Kier molecular flexibility index (Phi) is 3.84. The van der Waals surface area contributed by atoms with E-state index in [-0.39, 0.29) is 12.7 Å². The Morgan fingerprint density at radius 1 is 1.42 bits per heavy atom.